The summed E-state index contributed by atoms with van der Waals surface area (Å²) < 4.78 is 10.7. The maximum Gasteiger partial charge on any atom is 0.335 e. The lowest BCUT2D eigenvalue weighted by molar-refractivity contribution is -0.140. The van der Waals surface area contributed by atoms with Crippen LogP contribution in [-0.4, -0.2) is 48.6 Å². The van der Waals surface area contributed by atoms with Crippen LogP contribution in [0.2, 0.25) is 0 Å². The Morgan fingerprint density at radius 2 is 1.31 bits per heavy atom. The maximum atomic E-state index is 12.0. The van der Waals surface area contributed by atoms with Crippen LogP contribution in [0.3, 0.4) is 0 Å². The molecule has 45 heavy (non-hydrogen) atoms. The van der Waals surface area contributed by atoms with E-state index in [4.69, 9.17) is 19.7 Å². The standard InChI is InChI=1S/C39H52O6/c1-4-5-6-29-7-8-37-24-36(18-17-35(37)23-29)33-15-13-31(14-16-33)30-9-11-32(12-10-30)34(19-21-44-38(42)27(2)25-40)20-22-45-39(43)28(3)26-41/h4,7-8,17-18,23-24,30-34,40-41H,1-3,5-6,9-16,19-22,25-26H2. The molecule has 0 aromatic heterocycles. The van der Waals surface area contributed by atoms with Gasteiger partial charge in [0.2, 0.25) is 0 Å². The molecule has 0 heterocycles. The monoisotopic (exact) mass is 616 g/mol. The fourth-order valence-electron chi connectivity index (χ4n) is 7.56. The zero-order valence-electron chi connectivity index (χ0n) is 26.9. The van der Waals surface area contributed by atoms with Crippen molar-refractivity contribution >= 4 is 22.7 Å². The van der Waals surface area contributed by atoms with E-state index < -0.39 is 25.2 Å². The van der Waals surface area contributed by atoms with Gasteiger partial charge in [-0.2, -0.15) is 0 Å². The van der Waals surface area contributed by atoms with E-state index in [9.17, 15) is 9.59 Å². The Morgan fingerprint density at radius 1 is 0.778 bits per heavy atom. The predicted octanol–water partition coefficient (Wildman–Crippen LogP) is 7.62. The second-order valence-corrected chi connectivity index (χ2v) is 13.2. The average Bonchev–Trinajstić information content (AvgIpc) is 3.08. The van der Waals surface area contributed by atoms with Crippen LogP contribution < -0.4 is 0 Å². The van der Waals surface area contributed by atoms with Gasteiger partial charge in [0.15, 0.2) is 0 Å². The fraction of sp³-hybridized carbons (Fsp3) is 0.538. The fourth-order valence-corrected chi connectivity index (χ4v) is 7.56. The molecular formula is C39H52O6. The zero-order valence-corrected chi connectivity index (χ0v) is 26.9. The van der Waals surface area contributed by atoms with Gasteiger partial charge in [0.25, 0.3) is 0 Å². The van der Waals surface area contributed by atoms with Crippen molar-refractivity contribution < 1.29 is 29.3 Å². The normalized spacial score (nSPS) is 21.8. The van der Waals surface area contributed by atoms with Gasteiger partial charge >= 0.3 is 11.9 Å². The highest BCUT2D eigenvalue weighted by Gasteiger charge is 2.34. The number of fused-ring (bicyclic) bond motifs is 1. The van der Waals surface area contributed by atoms with E-state index in [1.807, 2.05) is 6.08 Å². The van der Waals surface area contributed by atoms with Crippen molar-refractivity contribution in [1.29, 1.82) is 0 Å². The van der Waals surface area contributed by atoms with E-state index in [0.29, 0.717) is 24.7 Å². The summed E-state index contributed by atoms with van der Waals surface area (Å²) in [6.07, 6.45) is 15.1. The van der Waals surface area contributed by atoms with E-state index >= 15 is 0 Å². The van der Waals surface area contributed by atoms with Crippen LogP contribution in [0.5, 0.6) is 0 Å². The van der Waals surface area contributed by atoms with Gasteiger partial charge in [0.05, 0.1) is 37.6 Å². The minimum atomic E-state index is -0.571. The first-order valence-corrected chi connectivity index (χ1v) is 16.9. The number of aryl methyl sites for hydroxylation is 1. The molecule has 0 spiro atoms. The molecule has 2 aliphatic rings. The summed E-state index contributed by atoms with van der Waals surface area (Å²) in [5, 5.41) is 21.0. The van der Waals surface area contributed by atoms with Crippen LogP contribution in [0.15, 0.2) is 73.4 Å². The first kappa shape index (κ1) is 34.6. The van der Waals surface area contributed by atoms with Crippen molar-refractivity contribution in [3.63, 3.8) is 0 Å². The first-order chi connectivity index (χ1) is 21.8. The van der Waals surface area contributed by atoms with Crippen LogP contribution in [0.25, 0.3) is 10.8 Å². The lowest BCUT2D eigenvalue weighted by atomic mass is 9.66. The topological polar surface area (TPSA) is 93.1 Å². The van der Waals surface area contributed by atoms with Gasteiger partial charge in [0, 0.05) is 0 Å². The summed E-state index contributed by atoms with van der Waals surface area (Å²) in [5.74, 6) is 1.76. The summed E-state index contributed by atoms with van der Waals surface area (Å²) in [5.41, 5.74) is 2.95. The zero-order chi connectivity index (χ0) is 32.2. The van der Waals surface area contributed by atoms with Gasteiger partial charge in [-0.1, -0.05) is 55.6 Å². The first-order valence-electron chi connectivity index (χ1n) is 16.9. The van der Waals surface area contributed by atoms with Gasteiger partial charge < -0.3 is 19.7 Å². The van der Waals surface area contributed by atoms with Crippen LogP contribution in [0.4, 0.5) is 0 Å². The number of carbonyl (C=O) groups is 2. The van der Waals surface area contributed by atoms with E-state index in [1.165, 1.54) is 60.4 Å². The minimum absolute atomic E-state index is 0.0485. The number of hydrogen-bond donors (Lipinski definition) is 2. The highest BCUT2D eigenvalue weighted by atomic mass is 16.5. The largest absolute Gasteiger partial charge is 0.462 e. The van der Waals surface area contributed by atoms with Gasteiger partial charge in [-0.15, -0.1) is 6.58 Å². The smallest absolute Gasteiger partial charge is 0.335 e. The molecule has 0 radical (unpaired) electrons. The third-order valence-electron chi connectivity index (χ3n) is 10.4. The SMILES string of the molecule is C=CCCc1ccc2cc(C3CCC(C4CCC(C(CCOC(=O)C(=C)CO)CCOC(=O)C(=C)CO)CC4)CC3)ccc2c1. The van der Waals surface area contributed by atoms with Crippen LogP contribution in [-0.2, 0) is 25.5 Å². The number of benzene rings is 2. The number of ether oxygens (including phenoxy) is 2. The number of esters is 2. The molecule has 6 nitrogen and oxygen atoms in total. The van der Waals surface area contributed by atoms with Gasteiger partial charge in [-0.25, -0.2) is 9.59 Å². The number of hydrogen-bond acceptors (Lipinski definition) is 6. The third-order valence-corrected chi connectivity index (χ3v) is 10.4. The second kappa shape index (κ2) is 17.5. The molecule has 0 bridgehead atoms. The number of aliphatic hydroxyl groups excluding tert-OH is 2. The summed E-state index contributed by atoms with van der Waals surface area (Å²) in [6.45, 7) is 10.6. The molecule has 244 valence electrons. The Labute approximate surface area is 269 Å². The molecule has 2 aromatic carbocycles. The highest BCUT2D eigenvalue weighted by molar-refractivity contribution is 5.88. The Hall–Kier alpha value is -3.22. The molecule has 0 unspecified atom stereocenters. The van der Waals surface area contributed by atoms with E-state index in [1.54, 1.807) is 0 Å². The molecule has 0 saturated heterocycles. The summed E-state index contributed by atoms with van der Waals surface area (Å²) in [4.78, 5) is 24.0. The number of rotatable bonds is 16. The molecule has 2 aliphatic carbocycles. The number of carbonyl (C=O) groups excluding carboxylic acids is 2. The molecule has 0 atom stereocenters. The van der Waals surface area contributed by atoms with Crippen molar-refractivity contribution in [3.05, 3.63) is 84.5 Å². The summed E-state index contributed by atoms with van der Waals surface area (Å²) >= 11 is 0. The predicted molar refractivity (Wildman–Crippen MR) is 180 cm³/mol. The lowest BCUT2D eigenvalue weighted by Gasteiger charge is -2.40. The molecule has 2 aromatic rings. The van der Waals surface area contributed by atoms with Crippen LogP contribution in [0.1, 0.15) is 87.7 Å². The Kier molecular flexibility index (Phi) is 13.5. The van der Waals surface area contributed by atoms with Crippen LogP contribution in [0, 0.1) is 23.7 Å². The van der Waals surface area contributed by atoms with Crippen molar-refractivity contribution in [2.45, 2.75) is 83.0 Å². The lowest BCUT2D eigenvalue weighted by Crippen LogP contribution is -2.29. The molecule has 0 aliphatic heterocycles. The Balaban J connectivity index is 1.27. The van der Waals surface area contributed by atoms with Gasteiger partial charge in [0.1, 0.15) is 0 Å². The Bertz CT molecular complexity index is 1280. The maximum absolute atomic E-state index is 12.0. The summed E-state index contributed by atoms with van der Waals surface area (Å²) in [7, 11) is 0. The Morgan fingerprint density at radius 3 is 1.87 bits per heavy atom. The number of allylic oxidation sites excluding steroid dienone is 1. The summed E-state index contributed by atoms with van der Waals surface area (Å²) in [6, 6.07) is 13.9. The number of aliphatic hydroxyl groups is 2. The molecule has 4 rings (SSSR count). The molecule has 0 amide bonds. The van der Waals surface area contributed by atoms with Crippen molar-refractivity contribution in [3.8, 4) is 0 Å². The molecule has 2 N–H and O–H groups in total. The molecule has 6 heteroatoms. The molecule has 2 fully saturated rings. The molecular weight excluding hydrogens is 564 g/mol. The third kappa shape index (κ3) is 9.88. The quantitative estimate of drug-likeness (QED) is 0.115. The van der Waals surface area contributed by atoms with Crippen molar-refractivity contribution in [1.82, 2.24) is 0 Å². The second-order valence-electron chi connectivity index (χ2n) is 13.2. The van der Waals surface area contributed by atoms with E-state index in [2.05, 4.69) is 56.1 Å². The average molecular weight is 617 g/mol. The minimum Gasteiger partial charge on any atom is -0.462 e. The van der Waals surface area contributed by atoms with E-state index in [-0.39, 0.29) is 30.3 Å². The van der Waals surface area contributed by atoms with Crippen molar-refractivity contribution in [2.75, 3.05) is 26.4 Å². The van der Waals surface area contributed by atoms with Crippen molar-refractivity contribution in [2.24, 2.45) is 23.7 Å². The van der Waals surface area contributed by atoms with Gasteiger partial charge in [-0.3, -0.25) is 0 Å². The van der Waals surface area contributed by atoms with E-state index in [0.717, 1.165) is 37.5 Å². The van der Waals surface area contributed by atoms with Crippen LogP contribution >= 0.6 is 0 Å². The van der Waals surface area contributed by atoms with Gasteiger partial charge in [-0.05, 0) is 129 Å². The highest BCUT2D eigenvalue weighted by Crippen LogP contribution is 2.46. The molecule has 2 saturated carbocycles.